The second kappa shape index (κ2) is 8.19. The van der Waals surface area contributed by atoms with Crippen molar-refractivity contribution in [2.75, 3.05) is 0 Å². The normalized spacial score (nSPS) is 15.2. The summed E-state index contributed by atoms with van der Waals surface area (Å²) in [6.07, 6.45) is 3.66. The third kappa shape index (κ3) is 4.85. The Morgan fingerprint density at radius 1 is 0.920 bits per heavy atom. The van der Waals surface area contributed by atoms with E-state index in [1.165, 1.54) is 5.56 Å². The third-order valence-electron chi connectivity index (χ3n) is 4.94. The molecule has 1 nitrogen and oxygen atoms in total. The standard InChI is InChI=1S/C22H22F2O/c23-22(24)3-1-2-16-4-6-17(7-5-16)18-8-10-19(11-9-18)20-12-14-21(25)15-13-20/h3-11,20H,1-2,12-15H2. The van der Waals surface area contributed by atoms with Crippen LogP contribution in [0.3, 0.4) is 0 Å². The zero-order valence-electron chi connectivity index (χ0n) is 14.2. The summed E-state index contributed by atoms with van der Waals surface area (Å²) in [7, 11) is 0. The highest BCUT2D eigenvalue weighted by molar-refractivity contribution is 5.79. The van der Waals surface area contributed by atoms with Crippen molar-refractivity contribution in [3.8, 4) is 11.1 Å². The minimum absolute atomic E-state index is 0.361. The van der Waals surface area contributed by atoms with Gasteiger partial charge in [-0.2, -0.15) is 8.78 Å². The average molecular weight is 340 g/mol. The van der Waals surface area contributed by atoms with Crippen LogP contribution in [0.2, 0.25) is 0 Å². The van der Waals surface area contributed by atoms with Gasteiger partial charge in [0.1, 0.15) is 5.78 Å². The fraction of sp³-hybridized carbons (Fsp3) is 0.318. The SMILES string of the molecule is O=C1CCC(c2ccc(-c3ccc(CCC=C(F)F)cc3)cc2)CC1. The molecule has 1 fully saturated rings. The molecule has 0 bridgehead atoms. The van der Waals surface area contributed by atoms with Crippen molar-refractivity contribution in [2.45, 2.75) is 44.4 Å². The summed E-state index contributed by atoms with van der Waals surface area (Å²) in [4.78, 5) is 11.4. The van der Waals surface area contributed by atoms with Gasteiger partial charge in [-0.3, -0.25) is 4.79 Å². The molecule has 0 N–H and O–H groups in total. The van der Waals surface area contributed by atoms with Crippen LogP contribution in [0, 0.1) is 0 Å². The molecule has 0 amide bonds. The molecule has 0 aliphatic heterocycles. The highest BCUT2D eigenvalue weighted by Crippen LogP contribution is 2.32. The third-order valence-corrected chi connectivity index (χ3v) is 4.94. The molecular formula is C22H22F2O. The van der Waals surface area contributed by atoms with Crippen LogP contribution >= 0.6 is 0 Å². The molecule has 1 aliphatic rings. The Balaban J connectivity index is 1.64. The molecule has 2 aromatic carbocycles. The van der Waals surface area contributed by atoms with Gasteiger partial charge in [0, 0.05) is 12.8 Å². The maximum absolute atomic E-state index is 12.1. The molecule has 0 atom stereocenters. The number of carbonyl (C=O) groups is 1. The number of ketones is 1. The van der Waals surface area contributed by atoms with Crippen LogP contribution in [0.25, 0.3) is 11.1 Å². The van der Waals surface area contributed by atoms with Gasteiger partial charge in [0.2, 0.25) is 0 Å². The first kappa shape index (κ1) is 17.5. The Bertz CT molecular complexity index is 731. The summed E-state index contributed by atoms with van der Waals surface area (Å²) in [5.41, 5.74) is 4.65. The van der Waals surface area contributed by atoms with Crippen molar-refractivity contribution < 1.29 is 13.6 Å². The van der Waals surface area contributed by atoms with Gasteiger partial charge in [-0.25, -0.2) is 0 Å². The topological polar surface area (TPSA) is 17.1 Å². The van der Waals surface area contributed by atoms with E-state index in [-0.39, 0.29) is 0 Å². The van der Waals surface area contributed by atoms with Crippen LogP contribution in [-0.4, -0.2) is 5.78 Å². The molecule has 3 rings (SSSR count). The monoisotopic (exact) mass is 340 g/mol. The molecule has 0 heterocycles. The van der Waals surface area contributed by atoms with Gasteiger partial charge in [0.05, 0.1) is 0 Å². The van der Waals surface area contributed by atoms with E-state index in [4.69, 9.17) is 0 Å². The Morgan fingerprint density at radius 2 is 1.48 bits per heavy atom. The van der Waals surface area contributed by atoms with Crippen LogP contribution in [0.4, 0.5) is 8.78 Å². The molecule has 0 saturated heterocycles. The fourth-order valence-electron chi connectivity index (χ4n) is 3.43. The van der Waals surface area contributed by atoms with E-state index in [9.17, 15) is 13.6 Å². The number of aryl methyl sites for hydroxylation is 1. The Hall–Kier alpha value is -2.29. The first-order chi connectivity index (χ1) is 12.1. The van der Waals surface area contributed by atoms with Gasteiger partial charge >= 0.3 is 0 Å². The number of hydrogen-bond acceptors (Lipinski definition) is 1. The second-order valence-corrected chi connectivity index (χ2v) is 6.66. The summed E-state index contributed by atoms with van der Waals surface area (Å²) in [6, 6.07) is 16.7. The predicted octanol–water partition coefficient (Wildman–Crippen LogP) is 6.29. The molecule has 1 aliphatic carbocycles. The van der Waals surface area contributed by atoms with Crippen molar-refractivity contribution in [2.24, 2.45) is 0 Å². The van der Waals surface area contributed by atoms with E-state index in [0.29, 0.717) is 37.4 Å². The molecule has 1 saturated carbocycles. The van der Waals surface area contributed by atoms with E-state index in [0.717, 1.165) is 35.6 Å². The molecule has 0 radical (unpaired) electrons. The van der Waals surface area contributed by atoms with Gasteiger partial charge in [-0.15, -0.1) is 0 Å². The van der Waals surface area contributed by atoms with Gasteiger partial charge in [-0.05, 0) is 59.9 Å². The highest BCUT2D eigenvalue weighted by atomic mass is 19.3. The van der Waals surface area contributed by atoms with Crippen molar-refractivity contribution in [1.82, 2.24) is 0 Å². The van der Waals surface area contributed by atoms with Crippen LogP contribution in [0.5, 0.6) is 0 Å². The zero-order valence-corrected chi connectivity index (χ0v) is 14.2. The van der Waals surface area contributed by atoms with Gasteiger partial charge in [-0.1, -0.05) is 48.5 Å². The fourth-order valence-corrected chi connectivity index (χ4v) is 3.43. The predicted molar refractivity (Wildman–Crippen MR) is 96.7 cm³/mol. The van der Waals surface area contributed by atoms with E-state index in [2.05, 4.69) is 24.3 Å². The lowest BCUT2D eigenvalue weighted by Gasteiger charge is -2.21. The van der Waals surface area contributed by atoms with E-state index >= 15 is 0 Å². The summed E-state index contributed by atoms with van der Waals surface area (Å²) >= 11 is 0. The molecule has 130 valence electrons. The molecule has 25 heavy (non-hydrogen) atoms. The number of rotatable bonds is 5. The minimum atomic E-state index is -1.61. The van der Waals surface area contributed by atoms with Crippen LogP contribution in [-0.2, 0) is 11.2 Å². The first-order valence-electron chi connectivity index (χ1n) is 8.84. The van der Waals surface area contributed by atoms with Crippen LogP contribution in [0.15, 0.2) is 60.7 Å². The number of halogens is 2. The number of benzene rings is 2. The lowest BCUT2D eigenvalue weighted by molar-refractivity contribution is -0.120. The van der Waals surface area contributed by atoms with Crippen LogP contribution in [0.1, 0.15) is 49.1 Å². The lowest BCUT2D eigenvalue weighted by Crippen LogP contribution is -2.12. The quantitative estimate of drug-likeness (QED) is 0.625. The molecular weight excluding hydrogens is 318 g/mol. The van der Waals surface area contributed by atoms with E-state index in [1.807, 2.05) is 24.3 Å². The van der Waals surface area contributed by atoms with E-state index < -0.39 is 6.08 Å². The summed E-state index contributed by atoms with van der Waals surface area (Å²) in [5, 5.41) is 0. The van der Waals surface area contributed by atoms with Gasteiger partial charge < -0.3 is 0 Å². The Labute approximate surface area is 147 Å². The van der Waals surface area contributed by atoms with Gasteiger partial charge in [0.25, 0.3) is 6.08 Å². The summed E-state index contributed by atoms with van der Waals surface area (Å²) in [6.45, 7) is 0. The number of Topliss-reactive ketones (excluding diaryl/α,β-unsaturated/α-hetero) is 1. The highest BCUT2D eigenvalue weighted by Gasteiger charge is 2.19. The number of hydrogen-bond donors (Lipinski definition) is 0. The number of allylic oxidation sites excluding steroid dienone is 1. The minimum Gasteiger partial charge on any atom is -0.300 e. The largest absolute Gasteiger partial charge is 0.300 e. The zero-order chi connectivity index (χ0) is 17.6. The van der Waals surface area contributed by atoms with Crippen molar-refractivity contribution >= 4 is 5.78 Å². The summed E-state index contributed by atoms with van der Waals surface area (Å²) in [5.74, 6) is 0.885. The Kier molecular flexibility index (Phi) is 5.75. The number of carbonyl (C=O) groups excluding carboxylic acids is 1. The molecule has 0 spiro atoms. The van der Waals surface area contributed by atoms with Crippen LogP contribution < -0.4 is 0 Å². The second-order valence-electron chi connectivity index (χ2n) is 6.66. The average Bonchev–Trinajstić information content (AvgIpc) is 2.63. The smallest absolute Gasteiger partial charge is 0.266 e. The molecule has 0 unspecified atom stereocenters. The maximum atomic E-state index is 12.1. The van der Waals surface area contributed by atoms with Crippen molar-refractivity contribution in [3.63, 3.8) is 0 Å². The maximum Gasteiger partial charge on any atom is 0.266 e. The molecule has 3 heteroatoms. The lowest BCUT2D eigenvalue weighted by atomic mass is 9.83. The van der Waals surface area contributed by atoms with E-state index in [1.54, 1.807) is 0 Å². The first-order valence-corrected chi connectivity index (χ1v) is 8.84. The Morgan fingerprint density at radius 3 is 2.04 bits per heavy atom. The van der Waals surface area contributed by atoms with Crippen molar-refractivity contribution in [1.29, 1.82) is 0 Å². The van der Waals surface area contributed by atoms with Crippen molar-refractivity contribution in [3.05, 3.63) is 71.8 Å². The molecule has 2 aromatic rings. The summed E-state index contributed by atoms with van der Waals surface area (Å²) < 4.78 is 24.1. The molecule has 0 aromatic heterocycles. The van der Waals surface area contributed by atoms with Gasteiger partial charge in [0.15, 0.2) is 0 Å².